The van der Waals surface area contributed by atoms with Gasteiger partial charge in [0.05, 0.1) is 24.9 Å². The molecule has 0 aliphatic heterocycles. The molecule has 6 nitrogen and oxygen atoms in total. The average molecular weight is 486 g/mol. The number of rotatable bonds is 7. The summed E-state index contributed by atoms with van der Waals surface area (Å²) in [6.45, 7) is 2.14. The van der Waals surface area contributed by atoms with Gasteiger partial charge in [0.2, 0.25) is 5.91 Å². The average Bonchev–Trinajstić information content (AvgIpc) is 3.27. The van der Waals surface area contributed by atoms with E-state index >= 15 is 0 Å². The zero-order valence-corrected chi connectivity index (χ0v) is 19.8. The fraction of sp³-hybridized carbons (Fsp3) is 0.174. The van der Waals surface area contributed by atoms with Crippen molar-refractivity contribution in [3.8, 4) is 5.75 Å². The van der Waals surface area contributed by atoms with E-state index in [4.69, 9.17) is 16.3 Å². The molecule has 0 unspecified atom stereocenters. The van der Waals surface area contributed by atoms with Gasteiger partial charge in [0.25, 0.3) is 5.56 Å². The number of benzene rings is 2. The maximum absolute atomic E-state index is 13.2. The standard InChI is InChI=1S/C23H20ClN3O3S2/c1-14-16(24)7-5-8-17(14)25-20(28)13-32-23-26-18-10-11-31-21(18)22(29)27(23)12-15-6-3-4-9-19(15)30-2/h3-11H,12-13H2,1-2H3,(H,25,28). The molecule has 2 aromatic heterocycles. The maximum atomic E-state index is 13.2. The van der Waals surface area contributed by atoms with Crippen LogP contribution < -0.4 is 15.6 Å². The number of fused-ring (bicyclic) bond motifs is 1. The molecule has 9 heteroatoms. The van der Waals surface area contributed by atoms with E-state index in [0.29, 0.717) is 38.4 Å². The number of hydrogen-bond acceptors (Lipinski definition) is 6. The highest BCUT2D eigenvalue weighted by Gasteiger charge is 2.16. The van der Waals surface area contributed by atoms with Crippen molar-refractivity contribution in [3.05, 3.63) is 80.4 Å². The smallest absolute Gasteiger partial charge is 0.272 e. The summed E-state index contributed by atoms with van der Waals surface area (Å²) in [5, 5.41) is 5.79. The topological polar surface area (TPSA) is 73.2 Å². The van der Waals surface area contributed by atoms with Crippen LogP contribution in [0.15, 0.2) is 63.9 Å². The maximum Gasteiger partial charge on any atom is 0.272 e. The van der Waals surface area contributed by atoms with Crippen LogP contribution in [0.4, 0.5) is 5.69 Å². The van der Waals surface area contributed by atoms with Crippen molar-refractivity contribution >= 4 is 56.5 Å². The Morgan fingerprint density at radius 3 is 2.84 bits per heavy atom. The predicted octanol–water partition coefficient (Wildman–Crippen LogP) is 5.21. The van der Waals surface area contributed by atoms with E-state index in [0.717, 1.165) is 11.1 Å². The Balaban J connectivity index is 1.61. The van der Waals surface area contributed by atoms with Crippen LogP contribution in [-0.2, 0) is 11.3 Å². The van der Waals surface area contributed by atoms with Gasteiger partial charge >= 0.3 is 0 Å². The SMILES string of the molecule is COc1ccccc1Cn1c(SCC(=O)Nc2cccc(Cl)c2C)nc2ccsc2c1=O. The lowest BCUT2D eigenvalue weighted by atomic mass is 10.2. The van der Waals surface area contributed by atoms with Crippen LogP contribution >= 0.6 is 34.7 Å². The quantitative estimate of drug-likeness (QED) is 0.287. The van der Waals surface area contributed by atoms with Crippen LogP contribution in [0.5, 0.6) is 5.75 Å². The van der Waals surface area contributed by atoms with Gasteiger partial charge in [0, 0.05) is 16.3 Å². The molecule has 0 saturated heterocycles. The molecule has 0 aliphatic carbocycles. The molecule has 4 aromatic rings. The van der Waals surface area contributed by atoms with Gasteiger partial charge in [-0.1, -0.05) is 47.6 Å². The van der Waals surface area contributed by atoms with Crippen LogP contribution in [0, 0.1) is 6.92 Å². The van der Waals surface area contributed by atoms with Gasteiger partial charge in [0.1, 0.15) is 10.4 Å². The fourth-order valence-corrected chi connectivity index (χ4v) is 4.99. The second kappa shape index (κ2) is 9.77. The van der Waals surface area contributed by atoms with Crippen molar-refractivity contribution in [1.82, 2.24) is 9.55 Å². The first-order chi connectivity index (χ1) is 15.5. The first-order valence-electron chi connectivity index (χ1n) is 9.75. The summed E-state index contributed by atoms with van der Waals surface area (Å²) in [6.07, 6.45) is 0. The molecule has 0 spiro atoms. The van der Waals surface area contributed by atoms with E-state index in [1.54, 1.807) is 29.9 Å². The van der Waals surface area contributed by atoms with Crippen LogP contribution in [-0.4, -0.2) is 28.3 Å². The number of amides is 1. The van der Waals surface area contributed by atoms with Crippen molar-refractivity contribution in [3.63, 3.8) is 0 Å². The molecule has 4 rings (SSSR count). The first kappa shape index (κ1) is 22.4. The summed E-state index contributed by atoms with van der Waals surface area (Å²) in [6, 6.07) is 14.7. The minimum absolute atomic E-state index is 0.0972. The Bertz CT molecular complexity index is 1350. The van der Waals surface area contributed by atoms with Gasteiger partial charge < -0.3 is 10.1 Å². The molecular weight excluding hydrogens is 466 g/mol. The third-order valence-corrected chi connectivity index (χ3v) is 7.20. The molecule has 2 aromatic carbocycles. The van der Waals surface area contributed by atoms with Gasteiger partial charge in [-0.05, 0) is 42.1 Å². The van der Waals surface area contributed by atoms with Crippen LogP contribution in [0.2, 0.25) is 5.02 Å². The van der Waals surface area contributed by atoms with E-state index in [9.17, 15) is 9.59 Å². The molecule has 0 bridgehead atoms. The fourth-order valence-electron chi connectivity index (χ4n) is 3.24. The molecule has 1 amide bonds. The zero-order valence-electron chi connectivity index (χ0n) is 17.4. The number of para-hydroxylation sites is 1. The Hall–Kier alpha value is -2.81. The minimum Gasteiger partial charge on any atom is -0.496 e. The summed E-state index contributed by atoms with van der Waals surface area (Å²) >= 11 is 8.72. The molecule has 0 aliphatic rings. The molecular formula is C23H20ClN3O3S2. The molecule has 164 valence electrons. The summed E-state index contributed by atoms with van der Waals surface area (Å²) in [7, 11) is 1.60. The van der Waals surface area contributed by atoms with Crippen LogP contribution in [0.25, 0.3) is 10.2 Å². The summed E-state index contributed by atoms with van der Waals surface area (Å²) in [5.74, 6) is 0.583. The van der Waals surface area contributed by atoms with Crippen LogP contribution in [0.3, 0.4) is 0 Å². The second-order valence-electron chi connectivity index (χ2n) is 6.98. The molecule has 0 fully saturated rings. The number of nitrogens with one attached hydrogen (secondary N) is 1. The number of carbonyl (C=O) groups is 1. The van der Waals surface area contributed by atoms with Gasteiger partial charge in [-0.25, -0.2) is 4.98 Å². The summed E-state index contributed by atoms with van der Waals surface area (Å²) in [5.41, 5.74) is 2.82. The number of halogens is 1. The third-order valence-electron chi connectivity index (χ3n) is 4.93. The third kappa shape index (κ3) is 4.67. The van der Waals surface area contributed by atoms with Crippen molar-refractivity contribution in [2.45, 2.75) is 18.6 Å². The van der Waals surface area contributed by atoms with Crippen molar-refractivity contribution in [1.29, 1.82) is 0 Å². The lowest BCUT2D eigenvalue weighted by Crippen LogP contribution is -2.24. The number of thioether (sulfide) groups is 1. The lowest BCUT2D eigenvalue weighted by Gasteiger charge is -2.14. The number of nitrogens with zero attached hydrogens (tertiary/aromatic N) is 2. The number of methoxy groups -OCH3 is 1. The Labute approximate surface area is 198 Å². The Kier molecular flexibility index (Phi) is 6.83. The highest BCUT2D eigenvalue weighted by molar-refractivity contribution is 7.99. The van der Waals surface area contributed by atoms with E-state index in [2.05, 4.69) is 10.3 Å². The van der Waals surface area contributed by atoms with E-state index in [1.165, 1.54) is 23.1 Å². The highest BCUT2D eigenvalue weighted by Crippen LogP contribution is 2.26. The molecule has 0 saturated carbocycles. The summed E-state index contributed by atoms with van der Waals surface area (Å²) < 4.78 is 7.62. The molecule has 0 atom stereocenters. The monoisotopic (exact) mass is 485 g/mol. The number of aromatic nitrogens is 2. The highest BCUT2D eigenvalue weighted by atomic mass is 35.5. The Morgan fingerprint density at radius 1 is 1.22 bits per heavy atom. The Morgan fingerprint density at radius 2 is 2.03 bits per heavy atom. The number of thiophene rings is 1. The molecule has 2 heterocycles. The summed E-state index contributed by atoms with van der Waals surface area (Å²) in [4.78, 5) is 30.5. The first-order valence-corrected chi connectivity index (χ1v) is 12.0. The number of hydrogen-bond donors (Lipinski definition) is 1. The van der Waals surface area contributed by atoms with Gasteiger partial charge in [0.15, 0.2) is 5.16 Å². The van der Waals surface area contributed by atoms with Crippen molar-refractivity contribution in [2.24, 2.45) is 0 Å². The number of ether oxygens (including phenoxy) is 1. The minimum atomic E-state index is -0.205. The lowest BCUT2D eigenvalue weighted by molar-refractivity contribution is -0.113. The molecule has 1 N–H and O–H groups in total. The van der Waals surface area contributed by atoms with Crippen molar-refractivity contribution < 1.29 is 9.53 Å². The molecule has 0 radical (unpaired) electrons. The largest absolute Gasteiger partial charge is 0.496 e. The second-order valence-corrected chi connectivity index (χ2v) is 9.25. The van der Waals surface area contributed by atoms with Gasteiger partial charge in [-0.2, -0.15) is 0 Å². The normalized spacial score (nSPS) is 11.0. The van der Waals surface area contributed by atoms with E-state index < -0.39 is 0 Å². The van der Waals surface area contributed by atoms with Crippen LogP contribution in [0.1, 0.15) is 11.1 Å². The number of carbonyl (C=O) groups excluding carboxylic acids is 1. The predicted molar refractivity (Wildman–Crippen MR) is 132 cm³/mol. The van der Waals surface area contributed by atoms with E-state index in [1.807, 2.05) is 42.6 Å². The zero-order chi connectivity index (χ0) is 22.7. The van der Waals surface area contributed by atoms with E-state index in [-0.39, 0.29) is 17.2 Å². The van der Waals surface area contributed by atoms with Crippen molar-refractivity contribution in [2.75, 3.05) is 18.2 Å². The van der Waals surface area contributed by atoms with Gasteiger partial charge in [-0.3, -0.25) is 14.2 Å². The number of anilines is 1. The van der Waals surface area contributed by atoms with Gasteiger partial charge in [-0.15, -0.1) is 11.3 Å². The molecule has 32 heavy (non-hydrogen) atoms.